The largest absolute Gasteiger partial charge is 0.388 e. The number of rotatable bonds is 1. The van der Waals surface area contributed by atoms with Crippen LogP contribution in [-0.2, 0) is 4.74 Å². The maximum absolute atomic E-state index is 13.3. The Hall–Kier alpha value is -0.340. The van der Waals surface area contributed by atoms with Crippen molar-refractivity contribution in [2.75, 3.05) is 7.11 Å². The Balaban J connectivity index is 2.95. The van der Waals surface area contributed by atoms with Crippen LogP contribution < -0.4 is 11.5 Å². The monoisotopic (exact) mass is 212 g/mol. The zero-order valence-corrected chi connectivity index (χ0v) is 7.60. The third kappa shape index (κ3) is 1.51. The lowest BCUT2D eigenvalue weighted by molar-refractivity contribution is -0.202. The van der Waals surface area contributed by atoms with Crippen molar-refractivity contribution in [2.24, 2.45) is 11.5 Å². The predicted octanol–water partition coefficient (Wildman–Crippen LogP) is -1.97. The van der Waals surface area contributed by atoms with E-state index in [1.165, 1.54) is 0 Å². The van der Waals surface area contributed by atoms with E-state index in [1.54, 1.807) is 0 Å². The minimum absolute atomic E-state index is 1.13. The van der Waals surface area contributed by atoms with Gasteiger partial charge in [-0.2, -0.15) is 0 Å². The molecule has 0 amide bonds. The average molecular weight is 212 g/mol. The molecule has 1 saturated carbocycles. The number of alkyl halides is 2. The molecule has 0 heterocycles. The first kappa shape index (κ1) is 11.7. The molecule has 0 aromatic heterocycles. The van der Waals surface area contributed by atoms with Crippen LogP contribution in [-0.4, -0.2) is 53.6 Å². The van der Waals surface area contributed by atoms with Crippen molar-refractivity contribution < 1.29 is 23.7 Å². The van der Waals surface area contributed by atoms with Crippen LogP contribution in [0, 0.1) is 0 Å². The van der Waals surface area contributed by atoms with Gasteiger partial charge in [-0.05, 0) is 0 Å². The highest BCUT2D eigenvalue weighted by Crippen LogP contribution is 2.33. The summed E-state index contributed by atoms with van der Waals surface area (Å²) in [5, 5.41) is 18.6. The smallest absolute Gasteiger partial charge is 0.282 e. The Labute approximate surface area is 79.6 Å². The first-order valence-corrected chi connectivity index (χ1v) is 4.12. The van der Waals surface area contributed by atoms with Gasteiger partial charge in [-0.3, -0.25) is 0 Å². The molecule has 0 unspecified atom stereocenters. The minimum Gasteiger partial charge on any atom is -0.388 e. The molecule has 0 saturated heterocycles. The third-order valence-electron chi connectivity index (χ3n) is 2.57. The zero-order valence-electron chi connectivity index (χ0n) is 7.60. The summed E-state index contributed by atoms with van der Waals surface area (Å²) in [6, 6.07) is -3.60. The second kappa shape index (κ2) is 3.67. The van der Waals surface area contributed by atoms with Gasteiger partial charge in [-0.1, -0.05) is 0 Å². The normalized spacial score (nSPS) is 47.8. The molecular weight excluding hydrogens is 198 g/mol. The lowest BCUT2D eigenvalue weighted by atomic mass is 9.81. The van der Waals surface area contributed by atoms with Crippen molar-refractivity contribution in [3.05, 3.63) is 0 Å². The van der Waals surface area contributed by atoms with E-state index >= 15 is 0 Å². The fraction of sp³-hybridized carbons (Fsp3) is 1.00. The van der Waals surface area contributed by atoms with Crippen LogP contribution in [0.4, 0.5) is 8.78 Å². The van der Waals surface area contributed by atoms with Gasteiger partial charge in [0.15, 0.2) is 0 Å². The van der Waals surface area contributed by atoms with Crippen molar-refractivity contribution in [3.8, 4) is 0 Å². The molecule has 0 aliphatic heterocycles. The van der Waals surface area contributed by atoms with E-state index in [0.29, 0.717) is 0 Å². The quantitative estimate of drug-likeness (QED) is 0.404. The summed E-state index contributed by atoms with van der Waals surface area (Å²) >= 11 is 0. The first-order chi connectivity index (χ1) is 6.34. The fourth-order valence-corrected chi connectivity index (χ4v) is 1.57. The van der Waals surface area contributed by atoms with Crippen LogP contribution in [0.25, 0.3) is 0 Å². The van der Waals surface area contributed by atoms with Crippen LogP contribution in [0.3, 0.4) is 0 Å². The summed E-state index contributed by atoms with van der Waals surface area (Å²) in [4.78, 5) is 0. The van der Waals surface area contributed by atoms with Crippen LogP contribution in [0.2, 0.25) is 0 Å². The van der Waals surface area contributed by atoms with Crippen LogP contribution in [0.1, 0.15) is 0 Å². The van der Waals surface area contributed by atoms with Crippen molar-refractivity contribution in [1.82, 2.24) is 0 Å². The van der Waals surface area contributed by atoms with Crippen LogP contribution >= 0.6 is 0 Å². The fourth-order valence-electron chi connectivity index (χ4n) is 1.57. The molecule has 1 fully saturated rings. The number of hydrogen-bond donors (Lipinski definition) is 4. The van der Waals surface area contributed by atoms with Gasteiger partial charge in [0, 0.05) is 7.11 Å². The van der Waals surface area contributed by atoms with Crippen molar-refractivity contribution in [3.63, 3.8) is 0 Å². The average Bonchev–Trinajstić information content (AvgIpc) is 2.14. The zero-order chi connectivity index (χ0) is 11.1. The minimum atomic E-state index is -3.46. The summed E-state index contributed by atoms with van der Waals surface area (Å²) in [5.74, 6) is -3.46. The Kier molecular flexibility index (Phi) is 3.07. The summed E-state index contributed by atoms with van der Waals surface area (Å²) in [7, 11) is 1.13. The van der Waals surface area contributed by atoms with Crippen molar-refractivity contribution >= 4 is 0 Å². The molecule has 1 aliphatic carbocycles. The molecule has 0 bridgehead atoms. The van der Waals surface area contributed by atoms with Gasteiger partial charge in [0.25, 0.3) is 5.92 Å². The van der Waals surface area contributed by atoms with Gasteiger partial charge >= 0.3 is 0 Å². The Bertz CT molecular complexity index is 215. The second-order valence-corrected chi connectivity index (χ2v) is 3.41. The van der Waals surface area contributed by atoms with Crippen molar-refractivity contribution in [1.29, 1.82) is 0 Å². The number of nitrogens with two attached hydrogens (primary N) is 2. The summed E-state index contributed by atoms with van der Waals surface area (Å²) in [6.45, 7) is 0. The van der Waals surface area contributed by atoms with E-state index in [0.717, 1.165) is 7.11 Å². The molecule has 6 N–H and O–H groups in total. The molecule has 5 nitrogen and oxygen atoms in total. The first-order valence-electron chi connectivity index (χ1n) is 4.12. The van der Waals surface area contributed by atoms with E-state index in [1.807, 2.05) is 0 Å². The number of ether oxygens (including phenoxy) is 1. The molecule has 1 rings (SSSR count). The van der Waals surface area contributed by atoms with Crippen LogP contribution in [0.5, 0.6) is 0 Å². The van der Waals surface area contributed by atoms with Gasteiger partial charge < -0.3 is 26.4 Å². The lowest BCUT2D eigenvalue weighted by Gasteiger charge is -2.44. The lowest BCUT2D eigenvalue weighted by Crippen LogP contribution is -2.72. The van der Waals surface area contributed by atoms with E-state index in [2.05, 4.69) is 4.74 Å². The molecule has 14 heavy (non-hydrogen) atoms. The standard InChI is InChI=1S/C7H14F2N2O3/c1-14-4-2(12)3(13)5(10)7(8,9)6(4)11/h2-6,12-13H,10-11H2,1H3/t2-,3-,4+,5+,6-/m1/s1. The highest BCUT2D eigenvalue weighted by molar-refractivity contribution is 5.07. The Morgan fingerprint density at radius 3 is 2.07 bits per heavy atom. The number of methoxy groups -OCH3 is 1. The van der Waals surface area contributed by atoms with Gasteiger partial charge in [-0.25, -0.2) is 8.78 Å². The topological polar surface area (TPSA) is 102 Å². The van der Waals surface area contributed by atoms with E-state index < -0.39 is 36.3 Å². The molecule has 0 spiro atoms. The summed E-state index contributed by atoms with van der Waals surface area (Å²) in [5.41, 5.74) is 10.2. The highest BCUT2D eigenvalue weighted by atomic mass is 19.3. The van der Waals surface area contributed by atoms with Gasteiger partial charge in [0.2, 0.25) is 0 Å². The molecule has 5 atom stereocenters. The maximum Gasteiger partial charge on any atom is 0.282 e. The highest BCUT2D eigenvalue weighted by Gasteiger charge is 2.58. The number of aliphatic hydroxyl groups is 2. The van der Waals surface area contributed by atoms with Gasteiger partial charge in [0.1, 0.15) is 18.3 Å². The number of halogens is 2. The van der Waals surface area contributed by atoms with Crippen LogP contribution in [0.15, 0.2) is 0 Å². The summed E-state index contributed by atoms with van der Waals surface area (Å²) < 4.78 is 31.1. The Morgan fingerprint density at radius 2 is 1.64 bits per heavy atom. The maximum atomic E-state index is 13.3. The molecule has 1 aliphatic rings. The van der Waals surface area contributed by atoms with E-state index in [9.17, 15) is 19.0 Å². The SMILES string of the molecule is CO[C@H]1[C@H](O)[C@@H](O)[C@H](N)C(F)(F)[C@@H]1N. The molecule has 7 heteroatoms. The predicted molar refractivity (Wildman–Crippen MR) is 43.7 cm³/mol. The molecule has 0 aromatic rings. The van der Waals surface area contributed by atoms with Crippen molar-refractivity contribution in [2.45, 2.75) is 36.3 Å². The number of hydrogen-bond acceptors (Lipinski definition) is 5. The number of aliphatic hydroxyl groups excluding tert-OH is 2. The third-order valence-corrected chi connectivity index (χ3v) is 2.57. The van der Waals surface area contributed by atoms with Gasteiger partial charge in [0.05, 0.1) is 12.1 Å². The van der Waals surface area contributed by atoms with Gasteiger partial charge in [-0.15, -0.1) is 0 Å². The van der Waals surface area contributed by atoms with E-state index in [4.69, 9.17) is 11.5 Å². The molecular formula is C7H14F2N2O3. The van der Waals surface area contributed by atoms with E-state index in [-0.39, 0.29) is 0 Å². The molecule has 0 aromatic carbocycles. The molecule has 0 radical (unpaired) electrons. The summed E-state index contributed by atoms with van der Waals surface area (Å²) in [6.07, 6.45) is -4.56. The molecule has 84 valence electrons. The second-order valence-electron chi connectivity index (χ2n) is 3.41. The Morgan fingerprint density at radius 1 is 1.14 bits per heavy atom.